The SMILES string of the molecule is CCCCCCn1cnc(O)c1. The summed E-state index contributed by atoms with van der Waals surface area (Å²) in [6, 6.07) is 0. The molecule has 12 heavy (non-hydrogen) atoms. The van der Waals surface area contributed by atoms with E-state index in [0.717, 1.165) is 6.54 Å². The van der Waals surface area contributed by atoms with Gasteiger partial charge >= 0.3 is 0 Å². The summed E-state index contributed by atoms with van der Waals surface area (Å²) in [5.74, 6) is 0.116. The molecule has 0 aliphatic rings. The molecule has 3 heteroatoms. The highest BCUT2D eigenvalue weighted by Gasteiger charge is 1.94. The number of imidazole rings is 1. The molecule has 0 aromatic carbocycles. The minimum absolute atomic E-state index is 0.116. The molecule has 0 aliphatic heterocycles. The molecule has 0 bridgehead atoms. The Morgan fingerprint density at radius 1 is 1.42 bits per heavy atom. The second kappa shape index (κ2) is 4.80. The standard InChI is InChI=1S/C9H16N2O/c1-2-3-4-5-6-11-7-9(12)10-8-11/h7-8,12H,2-6H2,1H3. The van der Waals surface area contributed by atoms with Gasteiger partial charge in [-0.15, -0.1) is 0 Å². The predicted molar refractivity (Wildman–Crippen MR) is 48.0 cm³/mol. The maximum atomic E-state index is 8.92. The molecule has 0 unspecified atom stereocenters. The van der Waals surface area contributed by atoms with E-state index in [2.05, 4.69) is 11.9 Å². The number of aryl methyl sites for hydroxylation is 1. The first-order valence-electron chi connectivity index (χ1n) is 4.53. The van der Waals surface area contributed by atoms with Crippen LogP contribution in [0.4, 0.5) is 0 Å². The molecule has 1 heterocycles. The van der Waals surface area contributed by atoms with Crippen molar-refractivity contribution in [3.05, 3.63) is 12.5 Å². The van der Waals surface area contributed by atoms with Gasteiger partial charge in [0.05, 0.1) is 12.5 Å². The Balaban J connectivity index is 2.15. The van der Waals surface area contributed by atoms with Gasteiger partial charge in [-0.05, 0) is 6.42 Å². The molecule has 0 atom stereocenters. The van der Waals surface area contributed by atoms with Crippen molar-refractivity contribution in [2.75, 3.05) is 0 Å². The molecule has 1 aromatic rings. The van der Waals surface area contributed by atoms with Crippen LogP contribution in [-0.4, -0.2) is 14.7 Å². The molecule has 0 radical (unpaired) electrons. The molecule has 0 amide bonds. The van der Waals surface area contributed by atoms with E-state index in [-0.39, 0.29) is 5.88 Å². The summed E-state index contributed by atoms with van der Waals surface area (Å²) in [5, 5.41) is 8.92. The molecule has 0 saturated carbocycles. The molecule has 1 aromatic heterocycles. The van der Waals surface area contributed by atoms with Gasteiger partial charge in [0.2, 0.25) is 5.88 Å². The minimum Gasteiger partial charge on any atom is -0.492 e. The van der Waals surface area contributed by atoms with Crippen LogP contribution >= 0.6 is 0 Å². The fourth-order valence-electron chi connectivity index (χ4n) is 1.19. The van der Waals surface area contributed by atoms with E-state index in [9.17, 15) is 0 Å². The van der Waals surface area contributed by atoms with Gasteiger partial charge in [-0.1, -0.05) is 26.2 Å². The zero-order valence-electron chi connectivity index (χ0n) is 7.53. The zero-order valence-corrected chi connectivity index (χ0v) is 7.53. The number of aromatic nitrogens is 2. The maximum Gasteiger partial charge on any atom is 0.229 e. The lowest BCUT2D eigenvalue weighted by molar-refractivity contribution is 0.455. The molecular weight excluding hydrogens is 152 g/mol. The van der Waals surface area contributed by atoms with Crippen molar-refractivity contribution in [2.24, 2.45) is 0 Å². The van der Waals surface area contributed by atoms with Crippen LogP contribution < -0.4 is 0 Å². The Labute approximate surface area is 73.1 Å². The quantitative estimate of drug-likeness (QED) is 0.684. The highest BCUT2D eigenvalue weighted by molar-refractivity contribution is 4.99. The summed E-state index contributed by atoms with van der Waals surface area (Å²) in [7, 11) is 0. The van der Waals surface area contributed by atoms with Gasteiger partial charge in [0.1, 0.15) is 0 Å². The van der Waals surface area contributed by atoms with E-state index in [4.69, 9.17) is 5.11 Å². The third-order valence-electron chi connectivity index (χ3n) is 1.89. The van der Waals surface area contributed by atoms with Crippen LogP contribution in [0.15, 0.2) is 12.5 Å². The molecule has 1 N–H and O–H groups in total. The van der Waals surface area contributed by atoms with Crippen LogP contribution in [0.5, 0.6) is 5.88 Å². The molecule has 0 fully saturated rings. The van der Waals surface area contributed by atoms with Gasteiger partial charge in [0, 0.05) is 6.54 Å². The smallest absolute Gasteiger partial charge is 0.229 e. The lowest BCUT2D eigenvalue weighted by Crippen LogP contribution is -1.93. The Morgan fingerprint density at radius 2 is 2.25 bits per heavy atom. The second-order valence-corrected chi connectivity index (χ2v) is 3.03. The molecule has 1 rings (SSSR count). The van der Waals surface area contributed by atoms with Crippen LogP contribution in [0, 0.1) is 0 Å². The summed E-state index contributed by atoms with van der Waals surface area (Å²) in [4.78, 5) is 3.73. The van der Waals surface area contributed by atoms with E-state index in [1.54, 1.807) is 12.5 Å². The number of hydrogen-bond donors (Lipinski definition) is 1. The Morgan fingerprint density at radius 3 is 2.83 bits per heavy atom. The molecular formula is C9H16N2O. The highest BCUT2D eigenvalue weighted by Crippen LogP contribution is 2.05. The van der Waals surface area contributed by atoms with Crippen LogP contribution in [0.3, 0.4) is 0 Å². The lowest BCUT2D eigenvalue weighted by Gasteiger charge is -1.99. The van der Waals surface area contributed by atoms with Gasteiger partial charge in [-0.25, -0.2) is 4.98 Å². The summed E-state index contributed by atoms with van der Waals surface area (Å²) >= 11 is 0. The van der Waals surface area contributed by atoms with Crippen molar-refractivity contribution in [3.8, 4) is 5.88 Å². The molecule has 68 valence electrons. The summed E-state index contributed by atoms with van der Waals surface area (Å²) in [5.41, 5.74) is 0. The fraction of sp³-hybridized carbons (Fsp3) is 0.667. The van der Waals surface area contributed by atoms with E-state index in [1.165, 1.54) is 25.7 Å². The van der Waals surface area contributed by atoms with E-state index in [1.807, 2.05) is 4.57 Å². The van der Waals surface area contributed by atoms with E-state index >= 15 is 0 Å². The zero-order chi connectivity index (χ0) is 8.81. The average Bonchev–Trinajstić information content (AvgIpc) is 2.45. The van der Waals surface area contributed by atoms with E-state index in [0.29, 0.717) is 0 Å². The Bertz CT molecular complexity index is 220. The van der Waals surface area contributed by atoms with E-state index < -0.39 is 0 Å². The fourth-order valence-corrected chi connectivity index (χ4v) is 1.19. The van der Waals surface area contributed by atoms with Gasteiger partial charge in [0.15, 0.2) is 0 Å². The summed E-state index contributed by atoms with van der Waals surface area (Å²) < 4.78 is 1.92. The van der Waals surface area contributed by atoms with Crippen LogP contribution in [0.1, 0.15) is 32.6 Å². The van der Waals surface area contributed by atoms with Crippen LogP contribution in [0.25, 0.3) is 0 Å². The molecule has 0 aliphatic carbocycles. The van der Waals surface area contributed by atoms with Crippen molar-refractivity contribution in [3.63, 3.8) is 0 Å². The Kier molecular flexibility index (Phi) is 3.64. The minimum atomic E-state index is 0.116. The highest BCUT2D eigenvalue weighted by atomic mass is 16.3. The number of nitrogens with zero attached hydrogens (tertiary/aromatic N) is 2. The van der Waals surface area contributed by atoms with Crippen molar-refractivity contribution in [2.45, 2.75) is 39.2 Å². The molecule has 0 saturated heterocycles. The summed E-state index contributed by atoms with van der Waals surface area (Å²) in [6.07, 6.45) is 8.31. The van der Waals surface area contributed by atoms with Crippen LogP contribution in [-0.2, 0) is 6.54 Å². The topological polar surface area (TPSA) is 38.0 Å². The predicted octanol–water partition coefficient (Wildman–Crippen LogP) is 2.17. The first kappa shape index (κ1) is 9.10. The average molecular weight is 168 g/mol. The number of unbranched alkanes of at least 4 members (excludes halogenated alkanes) is 3. The van der Waals surface area contributed by atoms with Crippen molar-refractivity contribution >= 4 is 0 Å². The number of rotatable bonds is 5. The first-order chi connectivity index (χ1) is 5.83. The monoisotopic (exact) mass is 168 g/mol. The van der Waals surface area contributed by atoms with Gasteiger partial charge in [-0.2, -0.15) is 0 Å². The largest absolute Gasteiger partial charge is 0.492 e. The lowest BCUT2D eigenvalue weighted by atomic mass is 10.2. The van der Waals surface area contributed by atoms with Crippen molar-refractivity contribution in [1.82, 2.24) is 9.55 Å². The number of hydrogen-bond acceptors (Lipinski definition) is 2. The third kappa shape index (κ3) is 2.95. The first-order valence-corrected chi connectivity index (χ1v) is 4.53. The van der Waals surface area contributed by atoms with Gasteiger partial charge < -0.3 is 9.67 Å². The van der Waals surface area contributed by atoms with Gasteiger partial charge in [-0.3, -0.25) is 0 Å². The third-order valence-corrected chi connectivity index (χ3v) is 1.89. The number of aromatic hydroxyl groups is 1. The van der Waals surface area contributed by atoms with Crippen molar-refractivity contribution < 1.29 is 5.11 Å². The molecule has 0 spiro atoms. The Hall–Kier alpha value is -0.990. The van der Waals surface area contributed by atoms with Crippen LogP contribution in [0.2, 0.25) is 0 Å². The normalized spacial score (nSPS) is 10.4. The maximum absolute atomic E-state index is 8.92. The van der Waals surface area contributed by atoms with Crippen molar-refractivity contribution in [1.29, 1.82) is 0 Å². The molecule has 3 nitrogen and oxygen atoms in total. The summed E-state index contributed by atoms with van der Waals surface area (Å²) in [6.45, 7) is 3.16. The second-order valence-electron chi connectivity index (χ2n) is 3.03. The van der Waals surface area contributed by atoms with Gasteiger partial charge in [0.25, 0.3) is 0 Å².